The number of nitrogens with zero attached hydrogens (tertiary/aromatic N) is 1. The Hall–Kier alpha value is -0.280. The van der Waals surface area contributed by atoms with E-state index in [0.717, 1.165) is 22.7 Å². The summed E-state index contributed by atoms with van der Waals surface area (Å²) in [5.74, 6) is 1.68. The third-order valence-corrected chi connectivity index (χ3v) is 4.61. The molecule has 0 amide bonds. The van der Waals surface area contributed by atoms with Crippen LogP contribution in [0.1, 0.15) is 32.1 Å². The van der Waals surface area contributed by atoms with E-state index in [1.54, 1.807) is 0 Å². The van der Waals surface area contributed by atoms with Crippen LogP contribution < -0.4 is 5.32 Å². The van der Waals surface area contributed by atoms with E-state index < -0.39 is 0 Å². The predicted molar refractivity (Wildman–Crippen MR) is 76.7 cm³/mol. The Bertz CT molecular complexity index is 347. The second kappa shape index (κ2) is 6.05. The van der Waals surface area contributed by atoms with Crippen molar-refractivity contribution >= 4 is 33.3 Å². The molecule has 0 aliphatic heterocycles. The van der Waals surface area contributed by atoms with E-state index in [1.165, 1.54) is 32.1 Å². The zero-order chi connectivity index (χ0) is 12.1. The Labute approximate surface area is 116 Å². The van der Waals surface area contributed by atoms with E-state index in [2.05, 4.69) is 26.2 Å². The van der Waals surface area contributed by atoms with Crippen LogP contribution in [0.4, 0.5) is 5.82 Å². The summed E-state index contributed by atoms with van der Waals surface area (Å²) in [6.07, 6.45) is 8.26. The van der Waals surface area contributed by atoms with Crippen LogP contribution in [0.3, 0.4) is 0 Å². The molecule has 2 rings (SSSR count). The molecule has 0 bridgehead atoms. The summed E-state index contributed by atoms with van der Waals surface area (Å²) < 4.78 is 1.01. The fraction of sp³-hybridized carbons (Fsp3) is 0.615. The molecular formula is C13H18BrClN2. The number of hydrogen-bond acceptors (Lipinski definition) is 2. The van der Waals surface area contributed by atoms with Crippen LogP contribution >= 0.6 is 27.5 Å². The Morgan fingerprint density at radius 1 is 1.29 bits per heavy atom. The molecule has 1 N–H and O–H groups in total. The van der Waals surface area contributed by atoms with Crippen molar-refractivity contribution in [3.05, 3.63) is 22.8 Å². The molecule has 0 aromatic carbocycles. The fourth-order valence-corrected chi connectivity index (χ4v) is 3.01. The monoisotopic (exact) mass is 316 g/mol. The third kappa shape index (κ3) is 3.59. The maximum Gasteiger partial charge on any atom is 0.125 e. The minimum absolute atomic E-state index is 0.272. The SMILES string of the molecule is ClCC1(CNc2ccc(Br)cn2)CCCCC1. The quantitative estimate of drug-likeness (QED) is 0.830. The zero-order valence-electron chi connectivity index (χ0n) is 9.88. The van der Waals surface area contributed by atoms with Gasteiger partial charge in [0.15, 0.2) is 0 Å². The molecule has 1 fully saturated rings. The normalized spacial score (nSPS) is 18.9. The fourth-order valence-electron chi connectivity index (χ4n) is 2.42. The van der Waals surface area contributed by atoms with Gasteiger partial charge in [0.05, 0.1) is 0 Å². The summed E-state index contributed by atoms with van der Waals surface area (Å²) in [6.45, 7) is 0.936. The van der Waals surface area contributed by atoms with E-state index in [9.17, 15) is 0 Å². The van der Waals surface area contributed by atoms with Gasteiger partial charge < -0.3 is 5.32 Å². The minimum atomic E-state index is 0.272. The highest BCUT2D eigenvalue weighted by molar-refractivity contribution is 9.10. The van der Waals surface area contributed by atoms with E-state index in [0.29, 0.717) is 0 Å². The zero-order valence-corrected chi connectivity index (χ0v) is 12.2. The molecular weight excluding hydrogens is 300 g/mol. The first kappa shape index (κ1) is 13.2. The topological polar surface area (TPSA) is 24.9 Å². The number of alkyl halides is 1. The molecule has 1 aliphatic carbocycles. The number of aromatic nitrogens is 1. The second-order valence-electron chi connectivity index (χ2n) is 4.91. The van der Waals surface area contributed by atoms with Crippen LogP contribution in [0.2, 0.25) is 0 Å². The summed E-state index contributed by atoms with van der Waals surface area (Å²) in [4.78, 5) is 4.33. The van der Waals surface area contributed by atoms with Gasteiger partial charge in [-0.3, -0.25) is 0 Å². The van der Waals surface area contributed by atoms with Gasteiger partial charge in [-0.1, -0.05) is 19.3 Å². The lowest BCUT2D eigenvalue weighted by molar-refractivity contribution is 0.238. The Morgan fingerprint density at radius 2 is 2.06 bits per heavy atom. The maximum absolute atomic E-state index is 6.16. The van der Waals surface area contributed by atoms with Gasteiger partial charge in [-0.2, -0.15) is 0 Å². The van der Waals surface area contributed by atoms with Crippen molar-refractivity contribution < 1.29 is 0 Å². The summed E-state index contributed by atoms with van der Waals surface area (Å²) in [6, 6.07) is 4.00. The van der Waals surface area contributed by atoms with Crippen molar-refractivity contribution in [2.24, 2.45) is 5.41 Å². The Kier molecular flexibility index (Phi) is 4.69. The van der Waals surface area contributed by atoms with Crippen LogP contribution in [0.5, 0.6) is 0 Å². The molecule has 0 spiro atoms. The average Bonchev–Trinajstić information content (AvgIpc) is 2.39. The van der Waals surface area contributed by atoms with Crippen LogP contribution in [-0.4, -0.2) is 17.4 Å². The van der Waals surface area contributed by atoms with Crippen molar-refractivity contribution in [2.45, 2.75) is 32.1 Å². The molecule has 0 unspecified atom stereocenters. The number of hydrogen-bond donors (Lipinski definition) is 1. The Balaban J connectivity index is 1.93. The lowest BCUT2D eigenvalue weighted by Gasteiger charge is -2.35. The van der Waals surface area contributed by atoms with Gasteiger partial charge in [-0.05, 0) is 40.9 Å². The highest BCUT2D eigenvalue weighted by Gasteiger charge is 2.30. The third-order valence-electron chi connectivity index (χ3n) is 3.57. The molecule has 17 heavy (non-hydrogen) atoms. The first-order valence-corrected chi connectivity index (χ1v) is 7.48. The lowest BCUT2D eigenvalue weighted by atomic mass is 9.75. The van der Waals surface area contributed by atoms with Crippen molar-refractivity contribution in [3.63, 3.8) is 0 Å². The van der Waals surface area contributed by atoms with Crippen LogP contribution in [0.15, 0.2) is 22.8 Å². The second-order valence-corrected chi connectivity index (χ2v) is 6.09. The van der Waals surface area contributed by atoms with Gasteiger partial charge in [0.1, 0.15) is 5.82 Å². The van der Waals surface area contributed by atoms with Crippen molar-refractivity contribution in [3.8, 4) is 0 Å². The molecule has 1 aromatic rings. The largest absolute Gasteiger partial charge is 0.369 e. The van der Waals surface area contributed by atoms with Gasteiger partial charge in [0, 0.05) is 28.5 Å². The van der Waals surface area contributed by atoms with Crippen LogP contribution in [0, 0.1) is 5.41 Å². The summed E-state index contributed by atoms with van der Waals surface area (Å²) in [5.41, 5.74) is 0.272. The summed E-state index contributed by atoms with van der Waals surface area (Å²) in [5, 5.41) is 3.42. The first-order chi connectivity index (χ1) is 8.24. The Morgan fingerprint density at radius 3 is 2.65 bits per heavy atom. The molecule has 0 radical (unpaired) electrons. The van der Waals surface area contributed by atoms with Crippen molar-refractivity contribution in [2.75, 3.05) is 17.7 Å². The predicted octanol–water partition coefficient (Wildman–Crippen LogP) is 4.45. The number of anilines is 1. The first-order valence-electron chi connectivity index (χ1n) is 6.16. The van der Waals surface area contributed by atoms with Crippen LogP contribution in [-0.2, 0) is 0 Å². The summed E-state index contributed by atoms with van der Waals surface area (Å²) in [7, 11) is 0. The van der Waals surface area contributed by atoms with E-state index in [1.807, 2.05) is 18.3 Å². The molecule has 94 valence electrons. The highest BCUT2D eigenvalue weighted by atomic mass is 79.9. The van der Waals surface area contributed by atoms with Gasteiger partial charge in [0.25, 0.3) is 0 Å². The molecule has 0 saturated heterocycles. The van der Waals surface area contributed by atoms with E-state index in [-0.39, 0.29) is 5.41 Å². The molecule has 2 nitrogen and oxygen atoms in total. The summed E-state index contributed by atoms with van der Waals surface area (Å²) >= 11 is 9.55. The molecule has 0 atom stereocenters. The number of halogens is 2. The van der Waals surface area contributed by atoms with Gasteiger partial charge >= 0.3 is 0 Å². The average molecular weight is 318 g/mol. The highest BCUT2D eigenvalue weighted by Crippen LogP contribution is 2.37. The molecule has 1 aliphatic rings. The number of nitrogens with one attached hydrogen (secondary N) is 1. The van der Waals surface area contributed by atoms with E-state index >= 15 is 0 Å². The van der Waals surface area contributed by atoms with Crippen molar-refractivity contribution in [1.29, 1.82) is 0 Å². The standard InChI is InChI=1S/C13H18BrClN2/c14-11-4-5-12(16-8-11)17-10-13(9-15)6-2-1-3-7-13/h4-5,8H,1-3,6-7,9-10H2,(H,16,17). The lowest BCUT2D eigenvalue weighted by Crippen LogP contribution is -2.34. The van der Waals surface area contributed by atoms with Gasteiger partial charge in [0.2, 0.25) is 0 Å². The molecule has 1 saturated carbocycles. The van der Waals surface area contributed by atoms with Gasteiger partial charge in [-0.15, -0.1) is 11.6 Å². The minimum Gasteiger partial charge on any atom is -0.369 e. The smallest absolute Gasteiger partial charge is 0.125 e. The maximum atomic E-state index is 6.16. The molecule has 1 aromatic heterocycles. The van der Waals surface area contributed by atoms with Gasteiger partial charge in [-0.25, -0.2) is 4.98 Å². The van der Waals surface area contributed by atoms with Crippen molar-refractivity contribution in [1.82, 2.24) is 4.98 Å². The number of rotatable bonds is 4. The molecule has 1 heterocycles. The van der Waals surface area contributed by atoms with Crippen LogP contribution in [0.25, 0.3) is 0 Å². The molecule has 4 heteroatoms. The number of pyridine rings is 1. The van der Waals surface area contributed by atoms with E-state index in [4.69, 9.17) is 11.6 Å².